The Morgan fingerprint density at radius 3 is 2.86 bits per heavy atom. The van der Waals surface area contributed by atoms with E-state index in [1.54, 1.807) is 0 Å². The molecule has 76 valence electrons. The zero-order chi connectivity index (χ0) is 9.80. The van der Waals surface area contributed by atoms with Gasteiger partial charge in [-0.3, -0.25) is 0 Å². The van der Waals surface area contributed by atoms with E-state index in [4.69, 9.17) is 4.74 Å². The molecule has 4 heteroatoms. The van der Waals surface area contributed by atoms with Gasteiger partial charge in [-0.25, -0.2) is 9.40 Å². The van der Waals surface area contributed by atoms with Gasteiger partial charge in [0, 0.05) is 12.2 Å². The smallest absolute Gasteiger partial charge is 0.213 e. The molecule has 14 heavy (non-hydrogen) atoms. The Hall–Kier alpha value is -1.13. The minimum absolute atomic E-state index is 0.273. The molecule has 1 heterocycles. The maximum atomic E-state index is 12.8. The first-order valence-electron chi connectivity index (χ1n) is 4.67. The molecule has 0 radical (unpaired) electrons. The van der Waals surface area contributed by atoms with Crippen LogP contribution in [0.3, 0.4) is 0 Å². The van der Waals surface area contributed by atoms with Crippen LogP contribution in [0.15, 0.2) is 30.3 Å². The van der Waals surface area contributed by atoms with E-state index in [2.05, 4.69) is 5.43 Å². The summed E-state index contributed by atoms with van der Waals surface area (Å²) in [6.07, 6.45) is -1.18. The van der Waals surface area contributed by atoms with Crippen LogP contribution in [-0.2, 0) is 4.74 Å². The zero-order valence-corrected chi connectivity index (χ0v) is 7.82. The van der Waals surface area contributed by atoms with Crippen LogP contribution in [0.1, 0.15) is 0 Å². The van der Waals surface area contributed by atoms with E-state index in [9.17, 15) is 4.39 Å². The molecule has 0 aliphatic carbocycles. The molecule has 1 aliphatic rings. The fraction of sp³-hybridized carbons (Fsp3) is 0.400. The number of benzene rings is 1. The Morgan fingerprint density at radius 1 is 1.36 bits per heavy atom. The summed E-state index contributed by atoms with van der Waals surface area (Å²) in [5, 5.41) is 1.82. The third kappa shape index (κ3) is 2.43. The van der Waals surface area contributed by atoms with Gasteiger partial charge in [0.15, 0.2) is 0 Å². The van der Waals surface area contributed by atoms with Gasteiger partial charge in [0.05, 0.1) is 13.2 Å². The summed E-state index contributed by atoms with van der Waals surface area (Å²) in [5.41, 5.74) is 4.10. The van der Waals surface area contributed by atoms with Crippen LogP contribution >= 0.6 is 0 Å². The number of ether oxygens (including phenoxy) is 1. The van der Waals surface area contributed by atoms with Crippen LogP contribution in [0.2, 0.25) is 0 Å². The lowest BCUT2D eigenvalue weighted by Crippen LogP contribution is -2.43. The third-order valence-electron chi connectivity index (χ3n) is 2.08. The number of nitrogens with one attached hydrogen (secondary N) is 1. The van der Waals surface area contributed by atoms with Crippen molar-refractivity contribution in [3.05, 3.63) is 30.3 Å². The van der Waals surface area contributed by atoms with Crippen molar-refractivity contribution >= 4 is 5.69 Å². The first-order chi connectivity index (χ1) is 6.84. The summed E-state index contributed by atoms with van der Waals surface area (Å²) in [6, 6.07) is 9.72. The van der Waals surface area contributed by atoms with Crippen molar-refractivity contribution in [2.75, 3.05) is 25.1 Å². The molecule has 1 aliphatic heterocycles. The minimum Gasteiger partial charge on any atom is -0.346 e. The molecule has 1 atom stereocenters. The second-order valence-electron chi connectivity index (χ2n) is 3.20. The van der Waals surface area contributed by atoms with E-state index in [1.165, 1.54) is 0 Å². The maximum absolute atomic E-state index is 12.8. The second-order valence-corrected chi connectivity index (χ2v) is 3.20. The van der Waals surface area contributed by atoms with Crippen molar-refractivity contribution in [2.24, 2.45) is 0 Å². The Kier molecular flexibility index (Phi) is 2.96. The Bertz CT molecular complexity index is 281. The largest absolute Gasteiger partial charge is 0.346 e. The van der Waals surface area contributed by atoms with Crippen LogP contribution in [0.25, 0.3) is 0 Å². The number of para-hydroxylation sites is 1. The summed E-state index contributed by atoms with van der Waals surface area (Å²) in [6.45, 7) is 1.41. The van der Waals surface area contributed by atoms with Gasteiger partial charge >= 0.3 is 0 Å². The predicted molar refractivity (Wildman–Crippen MR) is 52.5 cm³/mol. The van der Waals surface area contributed by atoms with Crippen LogP contribution in [-0.4, -0.2) is 31.1 Å². The molecule has 1 unspecified atom stereocenters. The average Bonchev–Trinajstić information content (AvgIpc) is 2.19. The predicted octanol–water partition coefficient (Wildman–Crippen LogP) is 1.64. The van der Waals surface area contributed by atoms with Gasteiger partial charge in [-0.1, -0.05) is 18.2 Å². The number of alkyl halides is 1. The van der Waals surface area contributed by atoms with Gasteiger partial charge < -0.3 is 10.2 Å². The van der Waals surface area contributed by atoms with Crippen molar-refractivity contribution in [3.8, 4) is 0 Å². The molecule has 1 N–H and O–H groups in total. The lowest BCUT2D eigenvalue weighted by Gasteiger charge is -2.29. The highest BCUT2D eigenvalue weighted by Gasteiger charge is 2.18. The highest BCUT2D eigenvalue weighted by Crippen LogP contribution is 2.10. The van der Waals surface area contributed by atoms with Crippen LogP contribution < -0.4 is 5.43 Å². The molecule has 3 nitrogen and oxygen atoms in total. The summed E-state index contributed by atoms with van der Waals surface area (Å²) < 4.78 is 17.6. The monoisotopic (exact) mass is 196 g/mol. The molecule has 1 aromatic carbocycles. The van der Waals surface area contributed by atoms with Crippen molar-refractivity contribution < 1.29 is 9.13 Å². The number of rotatable bonds is 2. The van der Waals surface area contributed by atoms with Gasteiger partial charge in [0.25, 0.3) is 0 Å². The quantitative estimate of drug-likeness (QED) is 0.778. The Morgan fingerprint density at radius 2 is 2.14 bits per heavy atom. The molecule has 2 rings (SSSR count). The molecule has 0 spiro atoms. The fourth-order valence-electron chi connectivity index (χ4n) is 1.40. The number of nitrogens with zero attached hydrogens (tertiary/aromatic N) is 1. The van der Waals surface area contributed by atoms with Crippen molar-refractivity contribution in [1.29, 1.82) is 0 Å². The average molecular weight is 196 g/mol. The number of morpholine rings is 1. The van der Waals surface area contributed by atoms with Crippen LogP contribution in [0.4, 0.5) is 10.1 Å². The van der Waals surface area contributed by atoms with E-state index in [-0.39, 0.29) is 6.54 Å². The highest BCUT2D eigenvalue weighted by atomic mass is 19.1. The van der Waals surface area contributed by atoms with E-state index < -0.39 is 6.36 Å². The summed E-state index contributed by atoms with van der Waals surface area (Å²) >= 11 is 0. The zero-order valence-electron chi connectivity index (χ0n) is 7.82. The van der Waals surface area contributed by atoms with Gasteiger partial charge in [-0.15, -0.1) is 0 Å². The fourth-order valence-corrected chi connectivity index (χ4v) is 1.40. The standard InChI is InChI=1S/C10H13FN2O/c11-10-8-13(6-7-14-10)12-9-4-2-1-3-5-9/h1-5,10,12H,6-8H2. The topological polar surface area (TPSA) is 24.5 Å². The van der Waals surface area contributed by atoms with E-state index in [1.807, 2.05) is 35.3 Å². The van der Waals surface area contributed by atoms with Crippen LogP contribution in [0, 0.1) is 0 Å². The lowest BCUT2D eigenvalue weighted by molar-refractivity contribution is -0.0921. The summed E-state index contributed by atoms with van der Waals surface area (Å²) in [4.78, 5) is 0. The molecular formula is C10H13FN2O. The molecule has 1 saturated heterocycles. The Balaban J connectivity index is 1.91. The molecule has 1 aromatic rings. The molecule has 0 aromatic heterocycles. The SMILES string of the molecule is FC1CN(Nc2ccccc2)CCO1. The van der Waals surface area contributed by atoms with Gasteiger partial charge in [-0.05, 0) is 12.1 Å². The van der Waals surface area contributed by atoms with Crippen molar-refractivity contribution in [1.82, 2.24) is 5.01 Å². The van der Waals surface area contributed by atoms with Crippen molar-refractivity contribution in [2.45, 2.75) is 6.36 Å². The van der Waals surface area contributed by atoms with Crippen molar-refractivity contribution in [3.63, 3.8) is 0 Å². The van der Waals surface area contributed by atoms with Crippen LogP contribution in [0.5, 0.6) is 0 Å². The van der Waals surface area contributed by atoms with E-state index >= 15 is 0 Å². The lowest BCUT2D eigenvalue weighted by atomic mass is 10.3. The first kappa shape index (κ1) is 9.43. The second kappa shape index (κ2) is 4.39. The normalized spacial score (nSPS) is 23.4. The maximum Gasteiger partial charge on any atom is 0.213 e. The first-order valence-corrected chi connectivity index (χ1v) is 4.67. The van der Waals surface area contributed by atoms with Gasteiger partial charge in [0.2, 0.25) is 6.36 Å². The number of hydrogen-bond donors (Lipinski definition) is 1. The van der Waals surface area contributed by atoms with Gasteiger partial charge in [0.1, 0.15) is 0 Å². The minimum atomic E-state index is -1.18. The Labute approximate surface area is 82.4 Å². The summed E-state index contributed by atoms with van der Waals surface area (Å²) in [7, 11) is 0. The number of hydrogen-bond acceptors (Lipinski definition) is 3. The van der Waals surface area contributed by atoms with E-state index in [0.29, 0.717) is 13.2 Å². The number of anilines is 1. The molecule has 0 amide bonds. The highest BCUT2D eigenvalue weighted by molar-refractivity contribution is 5.41. The molecular weight excluding hydrogens is 183 g/mol. The number of hydrazine groups is 1. The number of halogens is 1. The third-order valence-corrected chi connectivity index (χ3v) is 2.08. The molecule has 0 saturated carbocycles. The van der Waals surface area contributed by atoms with E-state index in [0.717, 1.165) is 5.69 Å². The van der Waals surface area contributed by atoms with Gasteiger partial charge in [-0.2, -0.15) is 0 Å². The summed E-state index contributed by atoms with van der Waals surface area (Å²) in [5.74, 6) is 0. The molecule has 0 bridgehead atoms. The molecule has 1 fully saturated rings.